The van der Waals surface area contributed by atoms with Gasteiger partial charge in [-0.3, -0.25) is 9.59 Å². The second kappa shape index (κ2) is 8.27. The van der Waals surface area contributed by atoms with Crippen LogP contribution >= 0.6 is 0 Å². The van der Waals surface area contributed by atoms with Gasteiger partial charge in [-0.2, -0.15) is 0 Å². The molecule has 0 radical (unpaired) electrons. The molecule has 1 unspecified atom stereocenters. The summed E-state index contributed by atoms with van der Waals surface area (Å²) in [6.07, 6.45) is 12.9. The maximum absolute atomic E-state index is 13.5. The van der Waals surface area contributed by atoms with Gasteiger partial charge in [0, 0.05) is 11.6 Å². The van der Waals surface area contributed by atoms with Crippen LogP contribution < -0.4 is 5.32 Å². The highest BCUT2D eigenvalue weighted by molar-refractivity contribution is 6.05. The SMILES string of the molecule is C/C=C(\C)C(=O)N[C@H]1CC[C@@]2(C)C(=CC[C@H]3C4=CC[C@H](C(C)N(C)C)[C@@]4(C)CC[C@@H]32)C1=O. The molecule has 2 fully saturated rings. The summed E-state index contributed by atoms with van der Waals surface area (Å²) in [5.41, 5.74) is 3.56. The van der Waals surface area contributed by atoms with E-state index in [-0.39, 0.29) is 28.6 Å². The molecule has 0 bridgehead atoms. The van der Waals surface area contributed by atoms with E-state index in [9.17, 15) is 9.59 Å². The van der Waals surface area contributed by atoms with Crippen molar-refractivity contribution in [3.63, 3.8) is 0 Å². The van der Waals surface area contributed by atoms with Crippen LogP contribution in [0.15, 0.2) is 34.9 Å². The molecule has 0 spiro atoms. The quantitative estimate of drug-likeness (QED) is 0.493. The zero-order valence-electron chi connectivity index (χ0n) is 21.1. The number of fused-ring (bicyclic) bond motifs is 5. The lowest BCUT2D eigenvalue weighted by Gasteiger charge is -2.56. The first kappa shape index (κ1) is 23.5. The van der Waals surface area contributed by atoms with Crippen LogP contribution in [-0.4, -0.2) is 42.8 Å². The molecule has 0 aliphatic heterocycles. The summed E-state index contributed by atoms with van der Waals surface area (Å²) in [6.45, 7) is 10.9. The molecule has 0 aromatic carbocycles. The first-order valence-electron chi connectivity index (χ1n) is 12.6. The summed E-state index contributed by atoms with van der Waals surface area (Å²) in [4.78, 5) is 28.2. The number of nitrogens with zero attached hydrogens (tertiary/aromatic N) is 1. The number of carbonyl (C=O) groups excluding carboxylic acids is 2. The Morgan fingerprint density at radius 3 is 2.50 bits per heavy atom. The Morgan fingerprint density at radius 2 is 1.84 bits per heavy atom. The average molecular weight is 439 g/mol. The molecule has 4 nitrogen and oxygen atoms in total. The third kappa shape index (κ3) is 3.45. The van der Waals surface area contributed by atoms with E-state index >= 15 is 0 Å². The lowest BCUT2D eigenvalue weighted by atomic mass is 9.48. The van der Waals surface area contributed by atoms with Crippen molar-refractivity contribution >= 4 is 11.7 Å². The van der Waals surface area contributed by atoms with Crippen LogP contribution in [0.1, 0.15) is 73.1 Å². The van der Waals surface area contributed by atoms with Crippen LogP contribution in [-0.2, 0) is 9.59 Å². The van der Waals surface area contributed by atoms with E-state index < -0.39 is 0 Å². The van der Waals surface area contributed by atoms with Gasteiger partial charge in [-0.1, -0.05) is 37.6 Å². The summed E-state index contributed by atoms with van der Waals surface area (Å²) in [5.74, 6) is 1.81. The van der Waals surface area contributed by atoms with Crippen molar-refractivity contribution in [1.29, 1.82) is 0 Å². The lowest BCUT2D eigenvalue weighted by molar-refractivity contribution is -0.127. The lowest BCUT2D eigenvalue weighted by Crippen LogP contribution is -2.54. The smallest absolute Gasteiger partial charge is 0.247 e. The van der Waals surface area contributed by atoms with Gasteiger partial charge >= 0.3 is 0 Å². The Bertz CT molecular complexity index is 897. The van der Waals surface area contributed by atoms with Gasteiger partial charge in [0.1, 0.15) is 0 Å². The molecule has 4 aliphatic carbocycles. The second-order valence-electron chi connectivity index (χ2n) is 11.5. The van der Waals surface area contributed by atoms with Gasteiger partial charge in [0.05, 0.1) is 6.04 Å². The number of rotatable bonds is 4. The Morgan fingerprint density at radius 1 is 1.16 bits per heavy atom. The Kier molecular flexibility index (Phi) is 6.07. The number of hydrogen-bond acceptors (Lipinski definition) is 3. The van der Waals surface area contributed by atoms with Crippen LogP contribution in [0.4, 0.5) is 0 Å². The molecule has 0 aromatic heterocycles. The van der Waals surface area contributed by atoms with E-state index in [4.69, 9.17) is 0 Å². The minimum Gasteiger partial charge on any atom is -0.342 e. The van der Waals surface area contributed by atoms with Gasteiger partial charge in [0.15, 0.2) is 5.78 Å². The minimum atomic E-state index is -0.377. The molecule has 4 rings (SSSR count). The average Bonchev–Trinajstić information content (AvgIpc) is 3.11. The fourth-order valence-electron chi connectivity index (χ4n) is 7.57. The van der Waals surface area contributed by atoms with E-state index in [1.54, 1.807) is 18.6 Å². The summed E-state index contributed by atoms with van der Waals surface area (Å²) in [5, 5.41) is 3.00. The molecule has 32 heavy (non-hydrogen) atoms. The molecule has 0 saturated heterocycles. The molecule has 1 N–H and O–H groups in total. The van der Waals surface area contributed by atoms with Crippen molar-refractivity contribution in [3.8, 4) is 0 Å². The first-order chi connectivity index (χ1) is 15.0. The fourth-order valence-corrected chi connectivity index (χ4v) is 7.57. The standard InChI is InChI=1S/C28H42N2O2/c1-8-17(2)26(32)29-24-14-16-28(5)22-13-15-27(4)20(18(3)30(6)7)11-12-21(27)19(22)9-10-23(28)25(24)31/h8,10,12,18-20,22,24H,9,11,13-16H2,1-7H3,(H,29,32)/b17-8+/t18?,19-,20+,22-,24-,27+,28+/m0/s1. The summed E-state index contributed by atoms with van der Waals surface area (Å²) in [6, 6.07) is 0.190. The third-order valence-electron chi connectivity index (χ3n) is 9.97. The largest absolute Gasteiger partial charge is 0.342 e. The van der Waals surface area contributed by atoms with Gasteiger partial charge in [0.2, 0.25) is 5.91 Å². The van der Waals surface area contributed by atoms with E-state index in [1.165, 1.54) is 19.3 Å². The Balaban J connectivity index is 1.58. The van der Waals surface area contributed by atoms with Crippen molar-refractivity contribution in [2.24, 2.45) is 28.6 Å². The highest BCUT2D eigenvalue weighted by Crippen LogP contribution is 2.64. The molecular weight excluding hydrogens is 396 g/mol. The van der Waals surface area contributed by atoms with Crippen molar-refractivity contribution < 1.29 is 9.59 Å². The van der Waals surface area contributed by atoms with Gasteiger partial charge in [-0.05, 0) is 108 Å². The predicted octanol–water partition coefficient (Wildman–Crippen LogP) is 5.07. The predicted molar refractivity (Wildman–Crippen MR) is 130 cm³/mol. The van der Waals surface area contributed by atoms with Gasteiger partial charge in [0.25, 0.3) is 0 Å². The molecule has 4 aliphatic rings. The van der Waals surface area contributed by atoms with Crippen molar-refractivity contribution in [2.75, 3.05) is 14.1 Å². The highest BCUT2D eigenvalue weighted by Gasteiger charge is 2.57. The minimum absolute atomic E-state index is 0.0652. The zero-order chi connectivity index (χ0) is 23.4. The topological polar surface area (TPSA) is 49.4 Å². The van der Waals surface area contributed by atoms with E-state index in [1.807, 2.05) is 6.92 Å². The molecule has 4 heteroatoms. The normalized spacial score (nSPS) is 40.1. The molecule has 1 amide bonds. The van der Waals surface area contributed by atoms with E-state index in [0.29, 0.717) is 29.4 Å². The molecule has 7 atom stereocenters. The molecule has 176 valence electrons. The van der Waals surface area contributed by atoms with Crippen molar-refractivity contribution in [1.82, 2.24) is 10.2 Å². The molecular formula is C28H42N2O2. The summed E-state index contributed by atoms with van der Waals surface area (Å²) in [7, 11) is 4.41. The number of ketones is 1. The van der Waals surface area contributed by atoms with E-state index in [0.717, 1.165) is 24.8 Å². The maximum Gasteiger partial charge on any atom is 0.247 e. The van der Waals surface area contributed by atoms with Gasteiger partial charge in [-0.15, -0.1) is 0 Å². The van der Waals surface area contributed by atoms with Crippen LogP contribution in [0.2, 0.25) is 0 Å². The van der Waals surface area contributed by atoms with Crippen molar-refractivity contribution in [2.45, 2.75) is 85.2 Å². The Labute approximate surface area is 194 Å². The second-order valence-corrected chi connectivity index (χ2v) is 11.5. The van der Waals surface area contributed by atoms with Gasteiger partial charge in [-0.25, -0.2) is 0 Å². The monoisotopic (exact) mass is 438 g/mol. The maximum atomic E-state index is 13.5. The van der Waals surface area contributed by atoms with Crippen LogP contribution in [0.25, 0.3) is 0 Å². The number of amides is 1. The third-order valence-corrected chi connectivity index (χ3v) is 9.97. The van der Waals surface area contributed by atoms with Crippen LogP contribution in [0.3, 0.4) is 0 Å². The molecule has 2 saturated carbocycles. The highest BCUT2D eigenvalue weighted by atomic mass is 16.2. The number of hydrogen-bond donors (Lipinski definition) is 1. The number of nitrogens with one attached hydrogen (secondary N) is 1. The fraction of sp³-hybridized carbons (Fsp3) is 0.714. The number of Topliss-reactive ketones (excluding diaryl/α,β-unsaturated/α-hetero) is 1. The summed E-state index contributed by atoms with van der Waals surface area (Å²) >= 11 is 0. The molecule has 0 aromatic rings. The van der Waals surface area contributed by atoms with Crippen LogP contribution in [0, 0.1) is 28.6 Å². The number of carbonyl (C=O) groups is 2. The number of allylic oxidation sites excluding steroid dienone is 4. The van der Waals surface area contributed by atoms with Crippen LogP contribution in [0.5, 0.6) is 0 Å². The Hall–Kier alpha value is -1.68. The molecule has 0 heterocycles. The first-order valence-corrected chi connectivity index (χ1v) is 12.6. The zero-order valence-corrected chi connectivity index (χ0v) is 21.1. The van der Waals surface area contributed by atoms with Gasteiger partial charge < -0.3 is 10.2 Å². The summed E-state index contributed by atoms with van der Waals surface area (Å²) < 4.78 is 0. The van der Waals surface area contributed by atoms with Crippen molar-refractivity contribution in [3.05, 3.63) is 34.9 Å². The van der Waals surface area contributed by atoms with E-state index in [2.05, 4.69) is 57.2 Å².